The van der Waals surface area contributed by atoms with Gasteiger partial charge in [0, 0.05) is 18.6 Å². The summed E-state index contributed by atoms with van der Waals surface area (Å²) in [6.07, 6.45) is 6.12. The minimum atomic E-state index is -3.05. The highest BCUT2D eigenvalue weighted by Crippen LogP contribution is 2.25. The molecule has 0 saturated heterocycles. The van der Waals surface area contributed by atoms with Crippen molar-refractivity contribution in [2.45, 2.75) is 71.4 Å². The third-order valence-corrected chi connectivity index (χ3v) is 5.86. The minimum Gasteiger partial charge on any atom is -0.315 e. The molecule has 1 aliphatic carbocycles. The summed E-state index contributed by atoms with van der Waals surface area (Å²) >= 11 is 0. The molecule has 0 aliphatic heterocycles. The van der Waals surface area contributed by atoms with Crippen LogP contribution in [0.15, 0.2) is 0 Å². The molecule has 0 heterocycles. The van der Waals surface area contributed by atoms with Gasteiger partial charge in [0.1, 0.15) is 0 Å². The van der Waals surface area contributed by atoms with E-state index in [-0.39, 0.29) is 6.04 Å². The van der Waals surface area contributed by atoms with Gasteiger partial charge in [-0.2, -0.15) is 4.31 Å². The van der Waals surface area contributed by atoms with Crippen molar-refractivity contribution in [3.05, 3.63) is 0 Å². The zero-order valence-electron chi connectivity index (χ0n) is 12.7. The van der Waals surface area contributed by atoms with Gasteiger partial charge in [0.25, 0.3) is 0 Å². The summed E-state index contributed by atoms with van der Waals surface area (Å²) < 4.78 is 26.4. The van der Waals surface area contributed by atoms with Crippen molar-refractivity contribution < 1.29 is 8.42 Å². The summed E-state index contributed by atoms with van der Waals surface area (Å²) in [5, 5.41) is 3.32. The van der Waals surface area contributed by atoms with E-state index in [1.54, 1.807) is 4.31 Å². The molecule has 1 rings (SSSR count). The minimum absolute atomic E-state index is 0.267. The monoisotopic (exact) mass is 290 g/mol. The second kappa shape index (κ2) is 8.22. The summed E-state index contributed by atoms with van der Waals surface area (Å²) in [4.78, 5) is 0. The van der Waals surface area contributed by atoms with Crippen LogP contribution in [0.3, 0.4) is 0 Å². The normalized spacial score (nSPS) is 17.7. The van der Waals surface area contributed by atoms with Crippen LogP contribution in [-0.2, 0) is 10.0 Å². The van der Waals surface area contributed by atoms with Gasteiger partial charge >= 0.3 is 0 Å². The van der Waals surface area contributed by atoms with Crippen molar-refractivity contribution in [2.24, 2.45) is 0 Å². The molecule has 1 saturated carbocycles. The van der Waals surface area contributed by atoms with Crippen LogP contribution < -0.4 is 5.32 Å². The lowest BCUT2D eigenvalue weighted by molar-refractivity contribution is 0.335. The molecular formula is C14H30N2O2S. The lowest BCUT2D eigenvalue weighted by atomic mass is 10.2. The van der Waals surface area contributed by atoms with Crippen molar-refractivity contribution in [3.8, 4) is 0 Å². The number of nitrogens with one attached hydrogen (secondary N) is 1. The molecule has 19 heavy (non-hydrogen) atoms. The fourth-order valence-corrected chi connectivity index (χ4v) is 4.65. The molecule has 114 valence electrons. The molecule has 0 unspecified atom stereocenters. The van der Waals surface area contributed by atoms with Crippen molar-refractivity contribution in [2.75, 3.05) is 18.8 Å². The van der Waals surface area contributed by atoms with Crippen molar-refractivity contribution in [1.29, 1.82) is 0 Å². The molecule has 0 amide bonds. The van der Waals surface area contributed by atoms with Crippen LogP contribution >= 0.6 is 0 Å². The lowest BCUT2D eigenvalue weighted by Gasteiger charge is -2.26. The first-order valence-electron chi connectivity index (χ1n) is 7.70. The molecule has 0 aromatic carbocycles. The van der Waals surface area contributed by atoms with E-state index in [0.29, 0.717) is 18.3 Å². The molecule has 5 heteroatoms. The van der Waals surface area contributed by atoms with Gasteiger partial charge in [0.05, 0.1) is 5.75 Å². The van der Waals surface area contributed by atoms with E-state index >= 15 is 0 Å². The van der Waals surface area contributed by atoms with Gasteiger partial charge in [-0.25, -0.2) is 8.42 Å². The van der Waals surface area contributed by atoms with Crippen LogP contribution in [0.5, 0.6) is 0 Å². The summed E-state index contributed by atoms with van der Waals surface area (Å²) in [5.41, 5.74) is 0. The molecule has 1 fully saturated rings. The second-order valence-corrected chi connectivity index (χ2v) is 7.81. The van der Waals surface area contributed by atoms with Crippen LogP contribution in [0, 0.1) is 0 Å². The number of hydrogen-bond donors (Lipinski definition) is 1. The maximum atomic E-state index is 12.4. The topological polar surface area (TPSA) is 49.4 Å². The molecular weight excluding hydrogens is 260 g/mol. The SMILES string of the molecule is CCN(C1CCCC1)S(=O)(=O)CCCCNC(C)C. The highest BCUT2D eigenvalue weighted by Gasteiger charge is 2.30. The van der Waals surface area contributed by atoms with Crippen LogP contribution in [0.25, 0.3) is 0 Å². The Morgan fingerprint density at radius 2 is 1.84 bits per heavy atom. The highest BCUT2D eigenvalue weighted by atomic mass is 32.2. The molecule has 0 bridgehead atoms. The van der Waals surface area contributed by atoms with Gasteiger partial charge in [0.15, 0.2) is 0 Å². The Kier molecular flexibility index (Phi) is 7.32. The molecule has 0 aromatic heterocycles. The quantitative estimate of drug-likeness (QED) is 0.663. The van der Waals surface area contributed by atoms with Crippen molar-refractivity contribution >= 4 is 10.0 Å². The summed E-state index contributed by atoms with van der Waals surface area (Å²) in [7, 11) is -3.05. The van der Waals surface area contributed by atoms with Crippen LogP contribution in [-0.4, -0.2) is 43.6 Å². The third kappa shape index (κ3) is 5.79. The molecule has 4 nitrogen and oxygen atoms in total. The molecule has 0 aromatic rings. The smallest absolute Gasteiger partial charge is 0.214 e. The van der Waals surface area contributed by atoms with Crippen LogP contribution in [0.4, 0.5) is 0 Å². The summed E-state index contributed by atoms with van der Waals surface area (Å²) in [6, 6.07) is 0.742. The van der Waals surface area contributed by atoms with E-state index in [2.05, 4.69) is 19.2 Å². The fraction of sp³-hybridized carbons (Fsp3) is 1.00. The van der Waals surface area contributed by atoms with E-state index in [9.17, 15) is 8.42 Å². The Labute approximate surface area is 119 Å². The van der Waals surface area contributed by atoms with Crippen LogP contribution in [0.1, 0.15) is 59.3 Å². The number of rotatable bonds is 9. The van der Waals surface area contributed by atoms with Crippen molar-refractivity contribution in [3.63, 3.8) is 0 Å². The molecule has 0 spiro atoms. The van der Waals surface area contributed by atoms with Gasteiger partial charge in [-0.05, 0) is 32.2 Å². The molecule has 1 aliphatic rings. The van der Waals surface area contributed by atoms with Gasteiger partial charge in [-0.15, -0.1) is 0 Å². The Morgan fingerprint density at radius 1 is 1.21 bits per heavy atom. The van der Waals surface area contributed by atoms with E-state index in [0.717, 1.165) is 32.2 Å². The van der Waals surface area contributed by atoms with Gasteiger partial charge < -0.3 is 5.32 Å². The first kappa shape index (κ1) is 16.9. The predicted molar refractivity (Wildman–Crippen MR) is 80.8 cm³/mol. The lowest BCUT2D eigenvalue weighted by Crippen LogP contribution is -2.40. The third-order valence-electron chi connectivity index (χ3n) is 3.78. The van der Waals surface area contributed by atoms with E-state index in [1.165, 1.54) is 12.8 Å². The average Bonchev–Trinajstić information content (AvgIpc) is 2.82. The highest BCUT2D eigenvalue weighted by molar-refractivity contribution is 7.89. The second-order valence-electron chi connectivity index (χ2n) is 5.77. The molecule has 1 N–H and O–H groups in total. The molecule has 0 atom stereocenters. The number of sulfonamides is 1. The predicted octanol–water partition coefficient (Wildman–Crippen LogP) is 2.36. The van der Waals surface area contributed by atoms with Gasteiger partial charge in [-0.3, -0.25) is 0 Å². The van der Waals surface area contributed by atoms with Gasteiger partial charge in [-0.1, -0.05) is 33.6 Å². The average molecular weight is 290 g/mol. The van der Waals surface area contributed by atoms with E-state index < -0.39 is 10.0 Å². The number of nitrogens with zero attached hydrogens (tertiary/aromatic N) is 1. The number of hydrogen-bond acceptors (Lipinski definition) is 3. The van der Waals surface area contributed by atoms with Gasteiger partial charge in [0.2, 0.25) is 10.0 Å². The summed E-state index contributed by atoms with van der Waals surface area (Å²) in [6.45, 7) is 7.70. The zero-order valence-corrected chi connectivity index (χ0v) is 13.5. The first-order chi connectivity index (χ1) is 8.97. The van der Waals surface area contributed by atoms with E-state index in [1.807, 2.05) is 6.92 Å². The Hall–Kier alpha value is -0.130. The number of unbranched alkanes of at least 4 members (excludes halogenated alkanes) is 1. The van der Waals surface area contributed by atoms with Crippen molar-refractivity contribution in [1.82, 2.24) is 9.62 Å². The largest absolute Gasteiger partial charge is 0.315 e. The fourth-order valence-electron chi connectivity index (χ4n) is 2.79. The van der Waals surface area contributed by atoms with E-state index in [4.69, 9.17) is 0 Å². The summed E-state index contributed by atoms with van der Waals surface area (Å²) in [5.74, 6) is 0.303. The Morgan fingerprint density at radius 3 is 2.37 bits per heavy atom. The molecule has 0 radical (unpaired) electrons. The Bertz CT molecular complexity index is 335. The first-order valence-corrected chi connectivity index (χ1v) is 9.31. The maximum Gasteiger partial charge on any atom is 0.214 e. The standard InChI is InChI=1S/C14H30N2O2S/c1-4-16(14-9-5-6-10-14)19(17,18)12-8-7-11-15-13(2)3/h13-15H,4-12H2,1-3H3. The zero-order chi connectivity index (χ0) is 14.3. The Balaban J connectivity index is 2.36. The maximum absolute atomic E-state index is 12.4. The van der Waals surface area contributed by atoms with Crippen LogP contribution in [0.2, 0.25) is 0 Å².